The van der Waals surface area contributed by atoms with Gasteiger partial charge in [0.2, 0.25) is 0 Å². The highest BCUT2D eigenvalue weighted by atomic mass is 16.4. The fraction of sp³-hybridized carbons (Fsp3) is 0.0556. The zero-order chi connectivity index (χ0) is 15.5. The van der Waals surface area contributed by atoms with Gasteiger partial charge in [0.1, 0.15) is 5.58 Å². The van der Waals surface area contributed by atoms with Crippen molar-refractivity contribution in [2.45, 2.75) is 0 Å². The Morgan fingerprint density at radius 1 is 1.09 bits per heavy atom. The predicted octanol–water partition coefficient (Wildman–Crippen LogP) is 3.56. The van der Waals surface area contributed by atoms with E-state index in [4.69, 9.17) is 4.42 Å². The zero-order valence-electron chi connectivity index (χ0n) is 12.2. The molecular weight excluding hydrogens is 276 g/mol. The van der Waals surface area contributed by atoms with E-state index in [0.29, 0.717) is 17.0 Å². The molecule has 0 atom stereocenters. The summed E-state index contributed by atoms with van der Waals surface area (Å²) in [6.07, 6.45) is 0. The normalized spacial score (nSPS) is 10.4. The first-order valence-corrected chi connectivity index (χ1v) is 6.94. The molecule has 4 nitrogen and oxygen atoms in total. The van der Waals surface area contributed by atoms with Crippen LogP contribution in [0.5, 0.6) is 0 Å². The van der Waals surface area contributed by atoms with Crippen LogP contribution in [-0.2, 0) is 0 Å². The standard InChI is InChI=1S/C18H16N2O2/c1-12(19-2)20-15-9-7-13(8-10-15)16-11-14-5-3-4-6-17(14)22-18(16)21/h3-11,19-20H,1H2,2H3. The molecule has 3 aromatic rings. The van der Waals surface area contributed by atoms with Crippen molar-refractivity contribution < 1.29 is 4.42 Å². The molecule has 0 saturated carbocycles. The van der Waals surface area contributed by atoms with Crippen LogP contribution in [0.15, 0.2) is 76.2 Å². The molecule has 110 valence electrons. The van der Waals surface area contributed by atoms with E-state index in [1.54, 1.807) is 13.1 Å². The number of fused-ring (bicyclic) bond motifs is 1. The van der Waals surface area contributed by atoms with Gasteiger partial charge in [-0.2, -0.15) is 0 Å². The predicted molar refractivity (Wildman–Crippen MR) is 89.7 cm³/mol. The summed E-state index contributed by atoms with van der Waals surface area (Å²) in [7, 11) is 1.80. The van der Waals surface area contributed by atoms with Gasteiger partial charge in [-0.05, 0) is 29.8 Å². The van der Waals surface area contributed by atoms with Gasteiger partial charge in [0.25, 0.3) is 0 Å². The van der Waals surface area contributed by atoms with Crippen LogP contribution >= 0.6 is 0 Å². The Hall–Kier alpha value is -3.01. The molecule has 0 radical (unpaired) electrons. The molecule has 1 aromatic heterocycles. The largest absolute Gasteiger partial charge is 0.422 e. The minimum absolute atomic E-state index is 0.334. The van der Waals surface area contributed by atoms with Crippen LogP contribution in [0.4, 0.5) is 5.69 Å². The van der Waals surface area contributed by atoms with Gasteiger partial charge in [-0.25, -0.2) is 4.79 Å². The molecule has 0 unspecified atom stereocenters. The Morgan fingerprint density at radius 2 is 1.82 bits per heavy atom. The number of anilines is 1. The molecule has 1 heterocycles. The molecule has 0 bridgehead atoms. The van der Waals surface area contributed by atoms with Gasteiger partial charge in [0.05, 0.1) is 11.4 Å². The lowest BCUT2D eigenvalue weighted by atomic mass is 10.1. The highest BCUT2D eigenvalue weighted by Gasteiger charge is 2.07. The minimum atomic E-state index is -0.334. The Labute approximate surface area is 128 Å². The van der Waals surface area contributed by atoms with Crippen molar-refractivity contribution in [2.24, 2.45) is 0 Å². The Kier molecular flexibility index (Phi) is 3.66. The molecule has 0 saturated heterocycles. The van der Waals surface area contributed by atoms with Crippen molar-refractivity contribution in [3.8, 4) is 11.1 Å². The van der Waals surface area contributed by atoms with Crippen molar-refractivity contribution >= 4 is 16.7 Å². The summed E-state index contributed by atoms with van der Waals surface area (Å²) in [4.78, 5) is 12.1. The molecule has 0 spiro atoms. The highest BCUT2D eigenvalue weighted by molar-refractivity contribution is 5.81. The van der Waals surface area contributed by atoms with Crippen molar-refractivity contribution in [3.63, 3.8) is 0 Å². The fourth-order valence-corrected chi connectivity index (χ4v) is 2.23. The Balaban J connectivity index is 1.99. The lowest BCUT2D eigenvalue weighted by Gasteiger charge is -2.09. The van der Waals surface area contributed by atoms with E-state index >= 15 is 0 Å². The Morgan fingerprint density at radius 3 is 2.55 bits per heavy atom. The van der Waals surface area contributed by atoms with E-state index in [1.165, 1.54) is 0 Å². The van der Waals surface area contributed by atoms with Gasteiger partial charge in [-0.1, -0.05) is 36.9 Å². The maximum atomic E-state index is 12.1. The first-order valence-electron chi connectivity index (χ1n) is 6.94. The highest BCUT2D eigenvalue weighted by Crippen LogP contribution is 2.22. The summed E-state index contributed by atoms with van der Waals surface area (Å²) >= 11 is 0. The average Bonchev–Trinajstić information content (AvgIpc) is 2.55. The fourth-order valence-electron chi connectivity index (χ4n) is 2.23. The van der Waals surface area contributed by atoms with E-state index in [1.807, 2.05) is 48.5 Å². The minimum Gasteiger partial charge on any atom is -0.422 e. The number of para-hydroxylation sites is 1. The third kappa shape index (κ3) is 2.72. The second-order valence-corrected chi connectivity index (χ2v) is 4.92. The average molecular weight is 292 g/mol. The molecule has 4 heteroatoms. The molecule has 0 aliphatic heterocycles. The number of benzene rings is 2. The quantitative estimate of drug-likeness (QED) is 0.722. The molecule has 3 rings (SSSR count). The Bertz CT molecular complexity index is 879. The number of nitrogens with one attached hydrogen (secondary N) is 2. The third-order valence-corrected chi connectivity index (χ3v) is 3.43. The molecule has 2 aromatic carbocycles. The molecule has 22 heavy (non-hydrogen) atoms. The topological polar surface area (TPSA) is 54.3 Å². The van der Waals surface area contributed by atoms with Crippen LogP contribution in [0.2, 0.25) is 0 Å². The van der Waals surface area contributed by atoms with Crippen LogP contribution in [0, 0.1) is 0 Å². The second kappa shape index (κ2) is 5.77. The molecule has 0 aliphatic rings. The van der Waals surface area contributed by atoms with Gasteiger partial charge in [0, 0.05) is 18.1 Å². The van der Waals surface area contributed by atoms with Crippen molar-refractivity contribution in [1.82, 2.24) is 5.32 Å². The molecule has 0 amide bonds. The molecule has 0 fully saturated rings. The van der Waals surface area contributed by atoms with Gasteiger partial charge < -0.3 is 15.1 Å². The summed E-state index contributed by atoms with van der Waals surface area (Å²) in [6.45, 7) is 3.81. The summed E-state index contributed by atoms with van der Waals surface area (Å²) in [5, 5.41) is 6.93. The van der Waals surface area contributed by atoms with Crippen LogP contribution in [0.3, 0.4) is 0 Å². The van der Waals surface area contributed by atoms with Crippen molar-refractivity contribution in [3.05, 3.63) is 77.4 Å². The summed E-state index contributed by atoms with van der Waals surface area (Å²) in [5.74, 6) is 0.706. The number of rotatable bonds is 4. The maximum Gasteiger partial charge on any atom is 0.344 e. The summed E-state index contributed by atoms with van der Waals surface area (Å²) in [6, 6.07) is 16.9. The number of hydrogen-bond donors (Lipinski definition) is 2. The molecular formula is C18H16N2O2. The second-order valence-electron chi connectivity index (χ2n) is 4.92. The first kappa shape index (κ1) is 13.9. The van der Waals surface area contributed by atoms with Gasteiger partial charge in [0.15, 0.2) is 0 Å². The van der Waals surface area contributed by atoms with Crippen LogP contribution in [-0.4, -0.2) is 7.05 Å². The van der Waals surface area contributed by atoms with E-state index in [2.05, 4.69) is 17.2 Å². The lowest BCUT2D eigenvalue weighted by molar-refractivity contribution is 0.563. The monoisotopic (exact) mass is 292 g/mol. The van der Waals surface area contributed by atoms with E-state index in [9.17, 15) is 4.79 Å². The molecule has 2 N–H and O–H groups in total. The SMILES string of the molecule is C=C(NC)Nc1ccc(-c2cc3ccccc3oc2=O)cc1. The van der Waals surface area contributed by atoms with E-state index in [0.717, 1.165) is 16.6 Å². The smallest absolute Gasteiger partial charge is 0.344 e. The van der Waals surface area contributed by atoms with Gasteiger partial charge in [-0.15, -0.1) is 0 Å². The third-order valence-electron chi connectivity index (χ3n) is 3.43. The van der Waals surface area contributed by atoms with Gasteiger partial charge >= 0.3 is 5.63 Å². The maximum absolute atomic E-state index is 12.1. The molecule has 0 aliphatic carbocycles. The first-order chi connectivity index (χ1) is 10.7. The zero-order valence-corrected chi connectivity index (χ0v) is 12.2. The van der Waals surface area contributed by atoms with Crippen molar-refractivity contribution in [2.75, 3.05) is 12.4 Å². The summed E-state index contributed by atoms with van der Waals surface area (Å²) < 4.78 is 5.36. The lowest BCUT2D eigenvalue weighted by Crippen LogP contribution is -2.12. The van der Waals surface area contributed by atoms with E-state index < -0.39 is 0 Å². The van der Waals surface area contributed by atoms with Crippen LogP contribution < -0.4 is 16.3 Å². The van der Waals surface area contributed by atoms with Crippen molar-refractivity contribution in [1.29, 1.82) is 0 Å². The number of hydrogen-bond acceptors (Lipinski definition) is 4. The van der Waals surface area contributed by atoms with Crippen LogP contribution in [0.1, 0.15) is 0 Å². The van der Waals surface area contributed by atoms with Crippen LogP contribution in [0.25, 0.3) is 22.1 Å². The van der Waals surface area contributed by atoms with E-state index in [-0.39, 0.29) is 5.63 Å². The summed E-state index contributed by atoms with van der Waals surface area (Å²) in [5.41, 5.74) is 2.53. The van der Waals surface area contributed by atoms with Gasteiger partial charge in [-0.3, -0.25) is 0 Å².